The molecule has 100 valence electrons. The number of aryl methyl sites for hydroxylation is 1. The number of nitrogens with zero attached hydrogens (tertiary/aromatic N) is 2. The fraction of sp³-hybridized carbons (Fsp3) is 0.714. The maximum Gasteiger partial charge on any atom is 0.156 e. The summed E-state index contributed by atoms with van der Waals surface area (Å²) in [6, 6.07) is 1.96. The van der Waals surface area contributed by atoms with Crippen molar-refractivity contribution >= 4 is 5.82 Å². The van der Waals surface area contributed by atoms with Crippen LogP contribution >= 0.6 is 0 Å². The Morgan fingerprint density at radius 2 is 2.22 bits per heavy atom. The van der Waals surface area contributed by atoms with Gasteiger partial charge in [0, 0.05) is 24.9 Å². The van der Waals surface area contributed by atoms with E-state index in [1.54, 1.807) is 0 Å². The van der Waals surface area contributed by atoms with Gasteiger partial charge in [-0.2, -0.15) is 0 Å². The molecule has 1 aromatic rings. The Labute approximate surface area is 109 Å². The van der Waals surface area contributed by atoms with Crippen LogP contribution in [0.5, 0.6) is 0 Å². The zero-order chi connectivity index (χ0) is 12.8. The SMILES string of the molecule is CCNc1cc(C)nc(COCCC2CCC2)n1. The summed E-state index contributed by atoms with van der Waals surface area (Å²) in [5.41, 5.74) is 0.985. The summed E-state index contributed by atoms with van der Waals surface area (Å²) in [4.78, 5) is 8.82. The molecular weight excluding hydrogens is 226 g/mol. The van der Waals surface area contributed by atoms with E-state index in [1.165, 1.54) is 25.7 Å². The molecule has 1 aromatic heterocycles. The molecule has 0 amide bonds. The van der Waals surface area contributed by atoms with Gasteiger partial charge in [0.05, 0.1) is 0 Å². The first-order chi connectivity index (χ1) is 8.78. The Bertz CT molecular complexity index is 377. The van der Waals surface area contributed by atoms with Crippen molar-refractivity contribution in [2.75, 3.05) is 18.5 Å². The van der Waals surface area contributed by atoms with E-state index in [9.17, 15) is 0 Å². The molecule has 1 saturated carbocycles. The highest BCUT2D eigenvalue weighted by molar-refractivity contribution is 5.35. The lowest BCUT2D eigenvalue weighted by molar-refractivity contribution is 0.0906. The largest absolute Gasteiger partial charge is 0.373 e. The molecule has 0 spiro atoms. The van der Waals surface area contributed by atoms with Gasteiger partial charge < -0.3 is 10.1 Å². The van der Waals surface area contributed by atoms with Crippen molar-refractivity contribution in [3.05, 3.63) is 17.6 Å². The Kier molecular flexibility index (Phi) is 4.93. The van der Waals surface area contributed by atoms with Crippen LogP contribution in [-0.2, 0) is 11.3 Å². The monoisotopic (exact) mass is 249 g/mol. The van der Waals surface area contributed by atoms with Gasteiger partial charge in [-0.05, 0) is 26.2 Å². The minimum atomic E-state index is 0.521. The molecule has 0 radical (unpaired) electrons. The van der Waals surface area contributed by atoms with Crippen LogP contribution in [0.4, 0.5) is 5.82 Å². The molecule has 4 nitrogen and oxygen atoms in total. The second-order valence-corrected chi connectivity index (χ2v) is 4.98. The fourth-order valence-electron chi connectivity index (χ4n) is 2.16. The van der Waals surface area contributed by atoms with Gasteiger partial charge in [0.25, 0.3) is 0 Å². The van der Waals surface area contributed by atoms with E-state index in [2.05, 4.69) is 22.2 Å². The maximum atomic E-state index is 5.66. The minimum absolute atomic E-state index is 0.521. The number of rotatable bonds is 7. The average Bonchev–Trinajstić information content (AvgIpc) is 2.26. The summed E-state index contributed by atoms with van der Waals surface area (Å²) in [6.45, 7) is 6.27. The first-order valence-electron chi connectivity index (χ1n) is 6.94. The third-order valence-corrected chi connectivity index (χ3v) is 3.38. The van der Waals surface area contributed by atoms with Gasteiger partial charge >= 0.3 is 0 Å². The van der Waals surface area contributed by atoms with Crippen molar-refractivity contribution in [3.63, 3.8) is 0 Å². The third kappa shape index (κ3) is 3.95. The summed E-state index contributed by atoms with van der Waals surface area (Å²) >= 11 is 0. The lowest BCUT2D eigenvalue weighted by atomic mass is 9.83. The molecular formula is C14H23N3O. The summed E-state index contributed by atoms with van der Waals surface area (Å²) in [5, 5.41) is 3.21. The molecule has 1 aliphatic carbocycles. The first-order valence-corrected chi connectivity index (χ1v) is 6.94. The highest BCUT2D eigenvalue weighted by atomic mass is 16.5. The third-order valence-electron chi connectivity index (χ3n) is 3.38. The number of hydrogen-bond donors (Lipinski definition) is 1. The summed E-state index contributed by atoms with van der Waals surface area (Å²) < 4.78 is 5.66. The van der Waals surface area contributed by atoms with E-state index in [1.807, 2.05) is 13.0 Å². The molecule has 1 fully saturated rings. The number of nitrogens with one attached hydrogen (secondary N) is 1. The van der Waals surface area contributed by atoms with Crippen LogP contribution in [0.25, 0.3) is 0 Å². The summed E-state index contributed by atoms with van der Waals surface area (Å²) in [6.07, 6.45) is 5.35. The van der Waals surface area contributed by atoms with Crippen LogP contribution in [0.2, 0.25) is 0 Å². The van der Waals surface area contributed by atoms with E-state index in [0.717, 1.165) is 36.4 Å². The molecule has 1 aliphatic rings. The topological polar surface area (TPSA) is 47.0 Å². The highest BCUT2D eigenvalue weighted by Crippen LogP contribution is 2.29. The highest BCUT2D eigenvalue weighted by Gasteiger charge is 2.16. The summed E-state index contributed by atoms with van der Waals surface area (Å²) in [7, 11) is 0. The van der Waals surface area contributed by atoms with Gasteiger partial charge in [0.2, 0.25) is 0 Å². The predicted octanol–water partition coefficient (Wildman–Crippen LogP) is 2.92. The predicted molar refractivity (Wildman–Crippen MR) is 72.5 cm³/mol. The van der Waals surface area contributed by atoms with Crippen molar-refractivity contribution in [1.29, 1.82) is 0 Å². The van der Waals surface area contributed by atoms with Gasteiger partial charge in [0.1, 0.15) is 12.4 Å². The van der Waals surface area contributed by atoms with Gasteiger partial charge in [-0.15, -0.1) is 0 Å². The molecule has 0 aliphatic heterocycles. The second kappa shape index (κ2) is 6.69. The number of anilines is 1. The van der Waals surface area contributed by atoms with Crippen molar-refractivity contribution in [2.45, 2.75) is 46.1 Å². The molecule has 0 unspecified atom stereocenters. The number of hydrogen-bond acceptors (Lipinski definition) is 4. The molecule has 2 rings (SSSR count). The van der Waals surface area contributed by atoms with Crippen LogP contribution in [-0.4, -0.2) is 23.1 Å². The Morgan fingerprint density at radius 1 is 1.39 bits per heavy atom. The molecule has 0 aromatic carbocycles. The Balaban J connectivity index is 1.76. The lowest BCUT2D eigenvalue weighted by Gasteiger charge is -2.24. The van der Waals surface area contributed by atoms with Gasteiger partial charge in [0.15, 0.2) is 5.82 Å². The molecule has 0 saturated heterocycles. The van der Waals surface area contributed by atoms with E-state index in [4.69, 9.17) is 4.74 Å². The molecule has 1 N–H and O–H groups in total. The second-order valence-electron chi connectivity index (χ2n) is 4.98. The van der Waals surface area contributed by atoms with Crippen molar-refractivity contribution in [1.82, 2.24) is 9.97 Å². The first kappa shape index (κ1) is 13.3. The van der Waals surface area contributed by atoms with Crippen LogP contribution < -0.4 is 5.32 Å². The van der Waals surface area contributed by atoms with Crippen LogP contribution in [0.15, 0.2) is 6.07 Å². The van der Waals surface area contributed by atoms with E-state index in [0.29, 0.717) is 6.61 Å². The molecule has 4 heteroatoms. The lowest BCUT2D eigenvalue weighted by Crippen LogP contribution is -2.14. The minimum Gasteiger partial charge on any atom is -0.373 e. The normalized spacial score (nSPS) is 15.4. The number of aromatic nitrogens is 2. The molecule has 1 heterocycles. The van der Waals surface area contributed by atoms with E-state index >= 15 is 0 Å². The summed E-state index contributed by atoms with van der Waals surface area (Å²) in [5.74, 6) is 2.57. The van der Waals surface area contributed by atoms with Gasteiger partial charge in [-0.3, -0.25) is 0 Å². The maximum absolute atomic E-state index is 5.66. The van der Waals surface area contributed by atoms with Crippen molar-refractivity contribution in [3.8, 4) is 0 Å². The standard InChI is InChI=1S/C14H23N3O/c1-3-15-13-9-11(2)16-14(17-13)10-18-8-7-12-5-4-6-12/h9,12H,3-8,10H2,1-2H3,(H,15,16,17). The van der Waals surface area contributed by atoms with Gasteiger partial charge in [-0.25, -0.2) is 9.97 Å². The molecule has 18 heavy (non-hydrogen) atoms. The average molecular weight is 249 g/mol. The number of ether oxygens (including phenoxy) is 1. The van der Waals surface area contributed by atoms with Crippen LogP contribution in [0, 0.1) is 12.8 Å². The molecule has 0 atom stereocenters. The Morgan fingerprint density at radius 3 is 2.89 bits per heavy atom. The Hall–Kier alpha value is -1.16. The zero-order valence-corrected chi connectivity index (χ0v) is 11.4. The fourth-order valence-corrected chi connectivity index (χ4v) is 2.16. The van der Waals surface area contributed by atoms with E-state index < -0.39 is 0 Å². The van der Waals surface area contributed by atoms with Crippen molar-refractivity contribution < 1.29 is 4.74 Å². The molecule has 0 bridgehead atoms. The van der Waals surface area contributed by atoms with Crippen LogP contribution in [0.3, 0.4) is 0 Å². The van der Waals surface area contributed by atoms with Gasteiger partial charge in [-0.1, -0.05) is 19.3 Å². The smallest absolute Gasteiger partial charge is 0.156 e. The van der Waals surface area contributed by atoms with Crippen molar-refractivity contribution in [2.24, 2.45) is 5.92 Å². The zero-order valence-electron chi connectivity index (χ0n) is 11.4. The van der Waals surface area contributed by atoms with E-state index in [-0.39, 0.29) is 0 Å². The quantitative estimate of drug-likeness (QED) is 0.755. The van der Waals surface area contributed by atoms with Crippen LogP contribution in [0.1, 0.15) is 44.1 Å².